The molecule has 0 spiro atoms. The molecule has 0 bridgehead atoms. The number of rotatable bonds is 6. The first-order chi connectivity index (χ1) is 6.09. The fourth-order valence-electron chi connectivity index (χ4n) is 1.45. The average Bonchev–Trinajstić information content (AvgIpc) is 2.83. The zero-order chi connectivity index (χ0) is 9.84. The molecule has 1 rings (SSSR count). The standard InChI is InChI=1S/C10H19NO2/c1-8(10(12)13)7-11(2)6-5-9-3-4-9/h8-9H,3-7H2,1-2H3,(H,12,13). The minimum atomic E-state index is -0.696. The van der Waals surface area contributed by atoms with Gasteiger partial charge in [-0.2, -0.15) is 0 Å². The van der Waals surface area contributed by atoms with Gasteiger partial charge in [0, 0.05) is 6.54 Å². The minimum absolute atomic E-state index is 0.246. The first-order valence-corrected chi connectivity index (χ1v) is 5.01. The van der Waals surface area contributed by atoms with E-state index in [4.69, 9.17) is 5.11 Å². The van der Waals surface area contributed by atoms with E-state index in [0.717, 1.165) is 12.5 Å². The molecule has 0 aromatic heterocycles. The molecule has 0 heterocycles. The highest BCUT2D eigenvalue weighted by atomic mass is 16.4. The molecule has 3 heteroatoms. The van der Waals surface area contributed by atoms with Crippen LogP contribution >= 0.6 is 0 Å². The molecule has 0 radical (unpaired) electrons. The summed E-state index contributed by atoms with van der Waals surface area (Å²) in [5, 5.41) is 8.69. The predicted octanol–water partition coefficient (Wildman–Crippen LogP) is 1.44. The van der Waals surface area contributed by atoms with Crippen molar-refractivity contribution < 1.29 is 9.90 Å². The molecule has 0 aromatic carbocycles. The quantitative estimate of drug-likeness (QED) is 0.680. The molecule has 0 aromatic rings. The summed E-state index contributed by atoms with van der Waals surface area (Å²) in [6.07, 6.45) is 3.99. The Labute approximate surface area is 79.7 Å². The Balaban J connectivity index is 2.07. The van der Waals surface area contributed by atoms with Crippen molar-refractivity contribution in [3.8, 4) is 0 Å². The van der Waals surface area contributed by atoms with E-state index in [1.807, 2.05) is 7.05 Å². The Morgan fingerprint density at radius 2 is 2.23 bits per heavy atom. The summed E-state index contributed by atoms with van der Waals surface area (Å²) >= 11 is 0. The second-order valence-corrected chi connectivity index (χ2v) is 4.23. The number of carboxylic acid groups (broad SMARTS) is 1. The number of carboxylic acids is 1. The third kappa shape index (κ3) is 4.27. The molecule has 13 heavy (non-hydrogen) atoms. The molecular formula is C10H19NO2. The molecule has 1 saturated carbocycles. The highest BCUT2D eigenvalue weighted by Crippen LogP contribution is 2.32. The minimum Gasteiger partial charge on any atom is -0.481 e. The second kappa shape index (κ2) is 4.61. The van der Waals surface area contributed by atoms with Crippen LogP contribution in [0.5, 0.6) is 0 Å². The number of nitrogens with zero attached hydrogens (tertiary/aromatic N) is 1. The fraction of sp³-hybridized carbons (Fsp3) is 0.900. The Hall–Kier alpha value is -0.570. The van der Waals surface area contributed by atoms with Crippen molar-refractivity contribution >= 4 is 5.97 Å². The molecule has 1 aliphatic rings. The lowest BCUT2D eigenvalue weighted by Crippen LogP contribution is -2.29. The highest BCUT2D eigenvalue weighted by molar-refractivity contribution is 5.69. The van der Waals surface area contributed by atoms with Crippen LogP contribution in [0.1, 0.15) is 26.2 Å². The van der Waals surface area contributed by atoms with Crippen LogP contribution in [-0.4, -0.2) is 36.1 Å². The maximum Gasteiger partial charge on any atom is 0.307 e. The maximum atomic E-state index is 10.6. The number of aliphatic carboxylic acids is 1. The van der Waals surface area contributed by atoms with E-state index in [-0.39, 0.29) is 5.92 Å². The Kier molecular flexibility index (Phi) is 3.72. The molecule has 0 aliphatic heterocycles. The maximum absolute atomic E-state index is 10.6. The van der Waals surface area contributed by atoms with Crippen LogP contribution in [0.15, 0.2) is 0 Å². The van der Waals surface area contributed by atoms with Crippen LogP contribution in [0, 0.1) is 11.8 Å². The first kappa shape index (κ1) is 10.5. The van der Waals surface area contributed by atoms with E-state index < -0.39 is 5.97 Å². The number of hydrogen-bond donors (Lipinski definition) is 1. The zero-order valence-electron chi connectivity index (χ0n) is 8.49. The van der Waals surface area contributed by atoms with Gasteiger partial charge in [-0.3, -0.25) is 4.79 Å². The van der Waals surface area contributed by atoms with Crippen LogP contribution in [-0.2, 0) is 4.79 Å². The molecule has 1 aliphatic carbocycles. The van der Waals surface area contributed by atoms with Crippen LogP contribution in [0.2, 0.25) is 0 Å². The van der Waals surface area contributed by atoms with Crippen molar-refractivity contribution in [3.05, 3.63) is 0 Å². The van der Waals surface area contributed by atoms with Crippen molar-refractivity contribution in [3.63, 3.8) is 0 Å². The monoisotopic (exact) mass is 185 g/mol. The lowest BCUT2D eigenvalue weighted by atomic mass is 10.1. The van der Waals surface area contributed by atoms with Crippen molar-refractivity contribution in [2.45, 2.75) is 26.2 Å². The number of hydrogen-bond acceptors (Lipinski definition) is 2. The van der Waals surface area contributed by atoms with Crippen molar-refractivity contribution in [1.82, 2.24) is 4.90 Å². The van der Waals surface area contributed by atoms with Gasteiger partial charge < -0.3 is 10.0 Å². The summed E-state index contributed by atoms with van der Waals surface area (Å²) in [6.45, 7) is 3.47. The van der Waals surface area contributed by atoms with Crippen LogP contribution in [0.25, 0.3) is 0 Å². The molecule has 0 amide bonds. The summed E-state index contributed by atoms with van der Waals surface area (Å²) in [5.74, 6) is -0.00920. The molecule has 1 fully saturated rings. The summed E-state index contributed by atoms with van der Waals surface area (Å²) in [7, 11) is 2.00. The molecule has 3 nitrogen and oxygen atoms in total. The highest BCUT2D eigenvalue weighted by Gasteiger charge is 2.21. The van der Waals surface area contributed by atoms with Crippen LogP contribution in [0.3, 0.4) is 0 Å². The van der Waals surface area contributed by atoms with E-state index in [0.29, 0.717) is 6.54 Å². The number of carbonyl (C=O) groups is 1. The van der Waals surface area contributed by atoms with Gasteiger partial charge in [0.15, 0.2) is 0 Å². The second-order valence-electron chi connectivity index (χ2n) is 4.23. The zero-order valence-corrected chi connectivity index (χ0v) is 8.49. The van der Waals surface area contributed by atoms with Gasteiger partial charge in [-0.1, -0.05) is 19.8 Å². The SMILES string of the molecule is CC(CN(C)CCC1CC1)C(=O)O. The lowest BCUT2D eigenvalue weighted by molar-refractivity contribution is -0.141. The predicted molar refractivity (Wildman–Crippen MR) is 51.6 cm³/mol. The third-order valence-electron chi connectivity index (χ3n) is 2.62. The molecule has 1 N–H and O–H groups in total. The smallest absolute Gasteiger partial charge is 0.307 e. The first-order valence-electron chi connectivity index (χ1n) is 5.01. The van der Waals surface area contributed by atoms with Gasteiger partial charge in [-0.15, -0.1) is 0 Å². The van der Waals surface area contributed by atoms with Crippen molar-refractivity contribution in [2.75, 3.05) is 20.1 Å². The lowest BCUT2D eigenvalue weighted by Gasteiger charge is -2.18. The Morgan fingerprint density at radius 3 is 2.69 bits per heavy atom. The fourth-order valence-corrected chi connectivity index (χ4v) is 1.45. The van der Waals surface area contributed by atoms with E-state index >= 15 is 0 Å². The van der Waals surface area contributed by atoms with Gasteiger partial charge in [-0.05, 0) is 25.9 Å². The average molecular weight is 185 g/mol. The van der Waals surface area contributed by atoms with Gasteiger partial charge in [0.05, 0.1) is 5.92 Å². The molecular weight excluding hydrogens is 166 g/mol. The molecule has 1 atom stereocenters. The van der Waals surface area contributed by atoms with Crippen molar-refractivity contribution in [1.29, 1.82) is 0 Å². The molecule has 0 saturated heterocycles. The normalized spacial score (nSPS) is 19.0. The summed E-state index contributed by atoms with van der Waals surface area (Å²) in [4.78, 5) is 12.7. The van der Waals surface area contributed by atoms with Gasteiger partial charge in [-0.25, -0.2) is 0 Å². The van der Waals surface area contributed by atoms with Gasteiger partial charge in [0.2, 0.25) is 0 Å². The summed E-state index contributed by atoms with van der Waals surface area (Å²) in [6, 6.07) is 0. The molecule has 1 unspecified atom stereocenters. The van der Waals surface area contributed by atoms with Crippen LogP contribution < -0.4 is 0 Å². The Morgan fingerprint density at radius 1 is 1.62 bits per heavy atom. The summed E-state index contributed by atoms with van der Waals surface area (Å²) < 4.78 is 0. The third-order valence-corrected chi connectivity index (χ3v) is 2.62. The topological polar surface area (TPSA) is 40.5 Å². The Bertz CT molecular complexity index is 178. The van der Waals surface area contributed by atoms with E-state index in [9.17, 15) is 4.79 Å². The van der Waals surface area contributed by atoms with E-state index in [1.54, 1.807) is 6.92 Å². The van der Waals surface area contributed by atoms with Gasteiger partial charge in [0.25, 0.3) is 0 Å². The van der Waals surface area contributed by atoms with E-state index in [1.165, 1.54) is 19.3 Å². The summed E-state index contributed by atoms with van der Waals surface area (Å²) in [5.41, 5.74) is 0. The van der Waals surface area contributed by atoms with Gasteiger partial charge in [0.1, 0.15) is 0 Å². The largest absolute Gasteiger partial charge is 0.481 e. The van der Waals surface area contributed by atoms with Crippen LogP contribution in [0.4, 0.5) is 0 Å². The molecule has 76 valence electrons. The van der Waals surface area contributed by atoms with E-state index in [2.05, 4.69) is 4.90 Å². The van der Waals surface area contributed by atoms with Crippen molar-refractivity contribution in [2.24, 2.45) is 11.8 Å². The van der Waals surface area contributed by atoms with Gasteiger partial charge >= 0.3 is 5.97 Å².